The maximum Gasteiger partial charge on any atom is 0.258 e. The number of nitrogens with zero attached hydrogens (tertiary/aromatic N) is 1. The van der Waals surface area contributed by atoms with Gasteiger partial charge in [0.25, 0.3) is 6.43 Å². The van der Waals surface area contributed by atoms with Gasteiger partial charge in [0, 0.05) is 17.3 Å². The van der Waals surface area contributed by atoms with Crippen molar-refractivity contribution in [2.45, 2.75) is 44.3 Å². The Morgan fingerprint density at radius 3 is 2.63 bits per heavy atom. The van der Waals surface area contributed by atoms with Gasteiger partial charge in [-0.25, -0.2) is 8.78 Å². The number of carbonyl (C=O) groups is 1. The minimum Gasteiger partial charge on any atom is -0.497 e. The van der Waals surface area contributed by atoms with Gasteiger partial charge in [0.1, 0.15) is 5.75 Å². The quantitative estimate of drug-likeness (QED) is 0.620. The molecule has 1 saturated heterocycles. The van der Waals surface area contributed by atoms with Gasteiger partial charge in [0.2, 0.25) is 5.91 Å². The van der Waals surface area contributed by atoms with Crippen LogP contribution in [0.1, 0.15) is 24.0 Å². The summed E-state index contributed by atoms with van der Waals surface area (Å²) in [5.74, 6) is 0.298. The molecule has 162 valence electrons. The second-order valence-electron chi connectivity index (χ2n) is 7.46. The molecule has 2 aromatic carbocycles. The van der Waals surface area contributed by atoms with Crippen LogP contribution in [-0.2, 0) is 17.8 Å². The van der Waals surface area contributed by atoms with Crippen LogP contribution in [0.2, 0.25) is 5.02 Å². The number of likely N-dealkylation sites (tertiary alicyclic amines) is 1. The second kappa shape index (κ2) is 10.1. The highest BCUT2D eigenvalue weighted by Gasteiger charge is 2.30. The lowest BCUT2D eigenvalue weighted by Gasteiger charge is -2.25. The van der Waals surface area contributed by atoms with Gasteiger partial charge in [-0.1, -0.05) is 17.7 Å². The number of ether oxygens (including phenoxy) is 1. The van der Waals surface area contributed by atoms with Crippen LogP contribution >= 0.6 is 11.6 Å². The van der Waals surface area contributed by atoms with Crippen molar-refractivity contribution in [3.8, 4) is 5.75 Å². The van der Waals surface area contributed by atoms with Crippen LogP contribution in [-0.4, -0.2) is 43.0 Å². The van der Waals surface area contributed by atoms with E-state index in [1.807, 2.05) is 4.90 Å². The molecule has 0 radical (unpaired) electrons. The molecule has 1 unspecified atom stereocenters. The van der Waals surface area contributed by atoms with E-state index in [0.717, 1.165) is 24.1 Å². The first kappa shape index (κ1) is 22.3. The number of amides is 1. The number of methoxy groups -OCH3 is 1. The van der Waals surface area contributed by atoms with Crippen molar-refractivity contribution < 1.29 is 18.3 Å². The van der Waals surface area contributed by atoms with Gasteiger partial charge in [-0.15, -0.1) is 0 Å². The van der Waals surface area contributed by atoms with Gasteiger partial charge in [-0.2, -0.15) is 0 Å². The van der Waals surface area contributed by atoms with E-state index in [1.165, 1.54) is 0 Å². The standard InChI is InChI=1S/C22H26ClF2N3O2/c1-30-18-8-6-17(7-9-18)27-19(21(24)25)12-14-4-5-16(23)11-15(14)13-28-10-2-3-20(28)22(26)29/h4-9,11,19-21,27H,2-3,10,12-13H2,1H3,(H2,26,29)/t19?,20-/m0/s1. The number of nitrogens with two attached hydrogens (primary N) is 1. The molecule has 1 aliphatic rings. The monoisotopic (exact) mass is 437 g/mol. The highest BCUT2D eigenvalue weighted by Crippen LogP contribution is 2.26. The number of hydrogen-bond acceptors (Lipinski definition) is 4. The predicted octanol–water partition coefficient (Wildman–Crippen LogP) is 4.09. The van der Waals surface area contributed by atoms with E-state index in [-0.39, 0.29) is 18.4 Å². The molecule has 1 aliphatic heterocycles. The molecule has 8 heteroatoms. The summed E-state index contributed by atoms with van der Waals surface area (Å²) in [6, 6.07) is 10.7. The molecule has 1 fully saturated rings. The Bertz CT molecular complexity index is 864. The molecule has 3 N–H and O–H groups in total. The van der Waals surface area contributed by atoms with Crippen LogP contribution in [0.15, 0.2) is 42.5 Å². The van der Waals surface area contributed by atoms with Crippen molar-refractivity contribution in [2.75, 3.05) is 19.0 Å². The third-order valence-electron chi connectivity index (χ3n) is 5.42. The average molecular weight is 438 g/mol. The van der Waals surface area contributed by atoms with Crippen LogP contribution in [0, 0.1) is 0 Å². The van der Waals surface area contributed by atoms with Gasteiger partial charge < -0.3 is 15.8 Å². The number of rotatable bonds is 9. The number of carbonyl (C=O) groups excluding carboxylic acids is 1. The van der Waals surface area contributed by atoms with Gasteiger partial charge >= 0.3 is 0 Å². The minimum atomic E-state index is -2.57. The van der Waals surface area contributed by atoms with Gasteiger partial charge in [0.05, 0.1) is 19.2 Å². The number of halogens is 3. The predicted molar refractivity (Wildman–Crippen MR) is 114 cm³/mol. The highest BCUT2D eigenvalue weighted by molar-refractivity contribution is 6.30. The van der Waals surface area contributed by atoms with Crippen molar-refractivity contribution in [1.82, 2.24) is 4.90 Å². The summed E-state index contributed by atoms with van der Waals surface area (Å²) < 4.78 is 32.7. The van der Waals surface area contributed by atoms with Crippen molar-refractivity contribution in [2.24, 2.45) is 5.73 Å². The van der Waals surface area contributed by atoms with Crippen molar-refractivity contribution in [3.05, 3.63) is 58.6 Å². The molecular formula is C22H26ClF2N3O2. The van der Waals surface area contributed by atoms with E-state index >= 15 is 0 Å². The number of hydrogen-bond donors (Lipinski definition) is 2. The summed E-state index contributed by atoms with van der Waals surface area (Å²) in [7, 11) is 1.55. The zero-order valence-electron chi connectivity index (χ0n) is 16.8. The molecule has 0 saturated carbocycles. The number of primary amides is 1. The number of benzene rings is 2. The second-order valence-corrected chi connectivity index (χ2v) is 7.90. The summed E-state index contributed by atoms with van der Waals surface area (Å²) in [5, 5.41) is 3.44. The molecular weight excluding hydrogens is 412 g/mol. The van der Waals surface area contributed by atoms with Crippen LogP contribution in [0.25, 0.3) is 0 Å². The van der Waals surface area contributed by atoms with Gasteiger partial charge in [-0.3, -0.25) is 9.69 Å². The fourth-order valence-corrected chi connectivity index (χ4v) is 4.03. The van der Waals surface area contributed by atoms with Crippen molar-refractivity contribution in [1.29, 1.82) is 0 Å². The third-order valence-corrected chi connectivity index (χ3v) is 5.66. The molecule has 2 aromatic rings. The first-order valence-electron chi connectivity index (χ1n) is 9.86. The number of alkyl halides is 2. The van der Waals surface area contributed by atoms with Gasteiger partial charge in [-0.05, 0) is 73.3 Å². The highest BCUT2D eigenvalue weighted by atomic mass is 35.5. The number of anilines is 1. The number of nitrogens with one attached hydrogen (secondary N) is 1. The van der Waals surface area contributed by atoms with E-state index < -0.39 is 12.5 Å². The molecule has 0 bridgehead atoms. The largest absolute Gasteiger partial charge is 0.497 e. The maximum atomic E-state index is 13.8. The SMILES string of the molecule is COc1ccc(NC(Cc2ccc(Cl)cc2CN2CCC[C@H]2C(N)=O)C(F)F)cc1. The zero-order valence-corrected chi connectivity index (χ0v) is 17.5. The van der Waals surface area contributed by atoms with E-state index in [1.54, 1.807) is 49.6 Å². The molecule has 0 aromatic heterocycles. The summed E-state index contributed by atoms with van der Waals surface area (Å²) in [6.07, 6.45) is -0.863. The summed E-state index contributed by atoms with van der Waals surface area (Å²) >= 11 is 6.17. The van der Waals surface area contributed by atoms with E-state index in [4.69, 9.17) is 22.1 Å². The average Bonchev–Trinajstić information content (AvgIpc) is 3.18. The Hall–Kier alpha value is -2.38. The Labute approximate surface area is 180 Å². The maximum absolute atomic E-state index is 13.8. The van der Waals surface area contributed by atoms with Crippen LogP contribution in [0.5, 0.6) is 5.75 Å². The molecule has 1 amide bonds. The summed E-state index contributed by atoms with van der Waals surface area (Å²) in [4.78, 5) is 13.7. The zero-order chi connectivity index (χ0) is 21.7. The van der Waals surface area contributed by atoms with E-state index in [0.29, 0.717) is 29.4 Å². The van der Waals surface area contributed by atoms with Crippen LogP contribution < -0.4 is 15.8 Å². The molecule has 2 atom stereocenters. The lowest BCUT2D eigenvalue weighted by atomic mass is 9.99. The van der Waals surface area contributed by atoms with Gasteiger partial charge in [0.15, 0.2) is 0 Å². The third kappa shape index (κ3) is 5.61. The molecule has 30 heavy (non-hydrogen) atoms. The lowest BCUT2D eigenvalue weighted by molar-refractivity contribution is -0.122. The first-order valence-corrected chi connectivity index (χ1v) is 10.2. The fourth-order valence-electron chi connectivity index (χ4n) is 3.84. The molecule has 0 spiro atoms. The summed E-state index contributed by atoms with van der Waals surface area (Å²) in [6.45, 7) is 1.18. The topological polar surface area (TPSA) is 67.6 Å². The van der Waals surface area contributed by atoms with Crippen molar-refractivity contribution in [3.63, 3.8) is 0 Å². The first-order chi connectivity index (χ1) is 14.4. The van der Waals surface area contributed by atoms with E-state index in [9.17, 15) is 13.6 Å². The normalized spacial score (nSPS) is 17.8. The van der Waals surface area contributed by atoms with Crippen LogP contribution in [0.3, 0.4) is 0 Å². The Kier molecular flexibility index (Phi) is 7.50. The van der Waals surface area contributed by atoms with E-state index in [2.05, 4.69) is 5.32 Å². The Morgan fingerprint density at radius 2 is 2.00 bits per heavy atom. The Balaban J connectivity index is 1.78. The summed E-state index contributed by atoms with van der Waals surface area (Å²) in [5.41, 5.74) is 7.70. The smallest absolute Gasteiger partial charge is 0.258 e. The minimum absolute atomic E-state index is 0.116. The molecule has 3 rings (SSSR count). The molecule has 0 aliphatic carbocycles. The fraction of sp³-hybridized carbons (Fsp3) is 0.409. The Morgan fingerprint density at radius 1 is 1.27 bits per heavy atom. The molecule has 5 nitrogen and oxygen atoms in total. The van der Waals surface area contributed by atoms with Crippen LogP contribution in [0.4, 0.5) is 14.5 Å². The lowest BCUT2D eigenvalue weighted by Crippen LogP contribution is -2.40. The molecule has 1 heterocycles. The van der Waals surface area contributed by atoms with Crippen molar-refractivity contribution >= 4 is 23.2 Å².